The highest BCUT2D eigenvalue weighted by molar-refractivity contribution is 9.10. The second-order valence-electron chi connectivity index (χ2n) is 5.49. The second-order valence-corrected chi connectivity index (χ2v) is 6.41. The smallest absolute Gasteiger partial charge is 0.0178 e. The third-order valence-corrected chi connectivity index (χ3v) is 4.15. The van der Waals surface area contributed by atoms with Crippen LogP contribution >= 0.6 is 15.9 Å². The van der Waals surface area contributed by atoms with Gasteiger partial charge in [0.2, 0.25) is 0 Å². The van der Waals surface area contributed by atoms with Crippen LogP contribution in [-0.4, -0.2) is 0 Å². The van der Waals surface area contributed by atoms with Crippen molar-refractivity contribution in [1.29, 1.82) is 0 Å². The third kappa shape index (κ3) is 2.84. The quantitative estimate of drug-likeness (QED) is 0.661. The van der Waals surface area contributed by atoms with Crippen LogP contribution in [0.4, 0.5) is 0 Å². The molecule has 15 heavy (non-hydrogen) atoms. The van der Waals surface area contributed by atoms with Gasteiger partial charge in [0, 0.05) is 4.47 Å². The molecule has 0 unspecified atom stereocenters. The molecule has 1 aliphatic rings. The summed E-state index contributed by atoms with van der Waals surface area (Å²) >= 11 is 3.55. The van der Waals surface area contributed by atoms with E-state index in [1.807, 2.05) is 0 Å². The van der Waals surface area contributed by atoms with E-state index < -0.39 is 0 Å². The summed E-state index contributed by atoms with van der Waals surface area (Å²) in [5, 5.41) is 0. The molecule has 2 rings (SSSR count). The van der Waals surface area contributed by atoms with Gasteiger partial charge in [0.25, 0.3) is 0 Å². The first-order valence-corrected chi connectivity index (χ1v) is 6.62. The molecule has 0 heterocycles. The van der Waals surface area contributed by atoms with Crippen molar-refractivity contribution >= 4 is 15.9 Å². The molecule has 1 aliphatic carbocycles. The summed E-state index contributed by atoms with van der Waals surface area (Å²) in [6, 6.07) is 8.81. The van der Waals surface area contributed by atoms with Crippen molar-refractivity contribution in [2.75, 3.05) is 0 Å². The standard InChI is InChI=1S/C14H19Br/c1-14(2)8-6-11(7-9-14)12-4-3-5-13(15)10-12/h3-5,10-11H,6-9H2,1-2H3. The Bertz CT molecular complexity index is 331. The lowest BCUT2D eigenvalue weighted by Gasteiger charge is -2.34. The van der Waals surface area contributed by atoms with Crippen LogP contribution in [0.3, 0.4) is 0 Å². The molecule has 0 radical (unpaired) electrons. The van der Waals surface area contributed by atoms with Gasteiger partial charge in [-0.05, 0) is 54.7 Å². The van der Waals surface area contributed by atoms with Crippen LogP contribution in [0.15, 0.2) is 28.7 Å². The SMILES string of the molecule is CC1(C)CCC(c2cccc(Br)c2)CC1. The lowest BCUT2D eigenvalue weighted by Crippen LogP contribution is -2.20. The summed E-state index contributed by atoms with van der Waals surface area (Å²) < 4.78 is 1.21. The van der Waals surface area contributed by atoms with Crippen LogP contribution in [0.5, 0.6) is 0 Å². The molecule has 1 heteroatoms. The Balaban J connectivity index is 2.08. The molecule has 0 nitrogen and oxygen atoms in total. The van der Waals surface area contributed by atoms with Crippen LogP contribution < -0.4 is 0 Å². The van der Waals surface area contributed by atoms with Crippen molar-refractivity contribution in [3.8, 4) is 0 Å². The summed E-state index contributed by atoms with van der Waals surface area (Å²) in [5.41, 5.74) is 2.09. The molecule has 0 bridgehead atoms. The summed E-state index contributed by atoms with van der Waals surface area (Å²) in [4.78, 5) is 0. The average Bonchev–Trinajstić information content (AvgIpc) is 2.17. The van der Waals surface area contributed by atoms with Gasteiger partial charge in [-0.3, -0.25) is 0 Å². The Kier molecular flexibility index (Phi) is 3.20. The highest BCUT2D eigenvalue weighted by Crippen LogP contribution is 2.42. The van der Waals surface area contributed by atoms with Crippen molar-refractivity contribution in [2.45, 2.75) is 45.4 Å². The zero-order valence-electron chi connectivity index (χ0n) is 9.59. The predicted octanol–water partition coefficient (Wildman–Crippen LogP) is 5.13. The molecular weight excluding hydrogens is 248 g/mol. The van der Waals surface area contributed by atoms with Crippen molar-refractivity contribution < 1.29 is 0 Å². The number of rotatable bonds is 1. The van der Waals surface area contributed by atoms with Gasteiger partial charge in [-0.25, -0.2) is 0 Å². The Morgan fingerprint density at radius 1 is 1.20 bits per heavy atom. The Hall–Kier alpha value is -0.300. The van der Waals surface area contributed by atoms with E-state index in [0.717, 1.165) is 5.92 Å². The number of benzene rings is 1. The molecule has 0 aliphatic heterocycles. The zero-order chi connectivity index (χ0) is 10.9. The summed E-state index contributed by atoms with van der Waals surface area (Å²) in [5.74, 6) is 0.788. The number of halogens is 1. The minimum Gasteiger partial charge on any atom is -0.0609 e. The van der Waals surface area contributed by atoms with Gasteiger partial charge < -0.3 is 0 Å². The van der Waals surface area contributed by atoms with Crippen molar-refractivity contribution in [3.05, 3.63) is 34.3 Å². The van der Waals surface area contributed by atoms with Crippen molar-refractivity contribution in [3.63, 3.8) is 0 Å². The summed E-state index contributed by atoms with van der Waals surface area (Å²) in [6.07, 6.45) is 5.43. The number of hydrogen-bond acceptors (Lipinski definition) is 0. The molecular formula is C14H19Br. The highest BCUT2D eigenvalue weighted by Gasteiger charge is 2.27. The first-order chi connectivity index (χ1) is 7.07. The van der Waals surface area contributed by atoms with E-state index in [2.05, 4.69) is 54.0 Å². The molecule has 82 valence electrons. The normalized spacial score (nSPS) is 21.5. The van der Waals surface area contributed by atoms with Crippen LogP contribution in [0.25, 0.3) is 0 Å². The van der Waals surface area contributed by atoms with E-state index >= 15 is 0 Å². The van der Waals surface area contributed by atoms with Gasteiger partial charge in [0.05, 0.1) is 0 Å². The maximum atomic E-state index is 3.55. The number of hydrogen-bond donors (Lipinski definition) is 0. The fourth-order valence-electron chi connectivity index (χ4n) is 2.49. The van der Waals surface area contributed by atoms with Gasteiger partial charge >= 0.3 is 0 Å². The topological polar surface area (TPSA) is 0 Å². The van der Waals surface area contributed by atoms with Crippen LogP contribution in [-0.2, 0) is 0 Å². The van der Waals surface area contributed by atoms with Crippen molar-refractivity contribution in [2.24, 2.45) is 5.41 Å². The fraction of sp³-hybridized carbons (Fsp3) is 0.571. The van der Waals surface area contributed by atoms with Gasteiger partial charge in [-0.2, -0.15) is 0 Å². The Labute approximate surface area is 101 Å². The van der Waals surface area contributed by atoms with Gasteiger partial charge in [-0.1, -0.05) is 41.9 Å². The lowest BCUT2D eigenvalue weighted by atomic mass is 9.71. The third-order valence-electron chi connectivity index (χ3n) is 3.66. The van der Waals surface area contributed by atoms with E-state index in [1.54, 1.807) is 0 Å². The lowest BCUT2D eigenvalue weighted by molar-refractivity contribution is 0.224. The van der Waals surface area contributed by atoms with Gasteiger partial charge in [-0.15, -0.1) is 0 Å². The predicted molar refractivity (Wildman–Crippen MR) is 69.1 cm³/mol. The van der Waals surface area contributed by atoms with Crippen LogP contribution in [0.2, 0.25) is 0 Å². The van der Waals surface area contributed by atoms with E-state index in [1.165, 1.54) is 35.7 Å². The maximum Gasteiger partial charge on any atom is 0.0178 e. The first kappa shape index (κ1) is 11.2. The van der Waals surface area contributed by atoms with E-state index in [-0.39, 0.29) is 0 Å². The average molecular weight is 267 g/mol. The van der Waals surface area contributed by atoms with E-state index in [9.17, 15) is 0 Å². The van der Waals surface area contributed by atoms with Gasteiger partial charge in [0.15, 0.2) is 0 Å². The molecule has 0 atom stereocenters. The minimum atomic E-state index is 0.572. The molecule has 0 amide bonds. The molecule has 1 aromatic rings. The summed E-state index contributed by atoms with van der Waals surface area (Å²) in [6.45, 7) is 4.79. The monoisotopic (exact) mass is 266 g/mol. The van der Waals surface area contributed by atoms with Crippen LogP contribution in [0, 0.1) is 5.41 Å². The van der Waals surface area contributed by atoms with E-state index in [0.29, 0.717) is 5.41 Å². The molecule has 1 aromatic carbocycles. The second kappa shape index (κ2) is 4.29. The Morgan fingerprint density at radius 2 is 1.87 bits per heavy atom. The fourth-order valence-corrected chi connectivity index (χ4v) is 2.91. The minimum absolute atomic E-state index is 0.572. The molecule has 0 N–H and O–H groups in total. The van der Waals surface area contributed by atoms with Crippen LogP contribution in [0.1, 0.15) is 51.0 Å². The molecule has 0 saturated heterocycles. The molecule has 1 fully saturated rings. The molecule has 1 saturated carbocycles. The van der Waals surface area contributed by atoms with Gasteiger partial charge in [0.1, 0.15) is 0 Å². The van der Waals surface area contributed by atoms with Crippen molar-refractivity contribution in [1.82, 2.24) is 0 Å². The van der Waals surface area contributed by atoms with E-state index in [4.69, 9.17) is 0 Å². The zero-order valence-corrected chi connectivity index (χ0v) is 11.2. The maximum absolute atomic E-state index is 3.55. The largest absolute Gasteiger partial charge is 0.0609 e. The highest BCUT2D eigenvalue weighted by atomic mass is 79.9. The molecule has 0 aromatic heterocycles. The molecule has 0 spiro atoms. The summed E-state index contributed by atoms with van der Waals surface area (Å²) in [7, 11) is 0. The first-order valence-electron chi connectivity index (χ1n) is 5.82. The Morgan fingerprint density at radius 3 is 2.47 bits per heavy atom.